The average Bonchev–Trinajstić information content (AvgIpc) is 3.05. The molecular formula is C16H15NOS. The molecule has 2 nitrogen and oxygen atoms in total. The van der Waals surface area contributed by atoms with E-state index in [1.165, 1.54) is 16.1 Å². The van der Waals surface area contributed by atoms with Crippen LogP contribution in [0.4, 0.5) is 5.69 Å². The normalized spacial score (nSPS) is 13.0. The molecule has 0 spiro atoms. The predicted octanol–water partition coefficient (Wildman–Crippen LogP) is 2.65. The van der Waals surface area contributed by atoms with Crippen LogP contribution in [0.2, 0.25) is 0 Å². The SMILES string of the molecule is OCC#Cc1ccc(CN2CCc3ccccc32)s1. The Bertz CT molecular complexity index is 635. The van der Waals surface area contributed by atoms with E-state index in [0.717, 1.165) is 24.4 Å². The standard InChI is InChI=1S/C16H15NOS/c18-11-3-5-14-7-8-15(19-14)12-17-10-9-13-4-1-2-6-16(13)17/h1-2,4,6-8,18H,9-12H2. The summed E-state index contributed by atoms with van der Waals surface area (Å²) in [5, 5.41) is 8.70. The van der Waals surface area contributed by atoms with Crippen molar-refractivity contribution in [1.82, 2.24) is 0 Å². The maximum absolute atomic E-state index is 8.70. The number of thiophene rings is 1. The molecule has 2 heterocycles. The first-order chi connectivity index (χ1) is 9.36. The van der Waals surface area contributed by atoms with Crippen molar-refractivity contribution in [3.05, 3.63) is 51.7 Å². The molecule has 2 aromatic rings. The number of rotatable bonds is 2. The maximum Gasteiger partial charge on any atom is 0.104 e. The Morgan fingerprint density at radius 2 is 2.11 bits per heavy atom. The minimum absolute atomic E-state index is 0.0767. The lowest BCUT2D eigenvalue weighted by molar-refractivity contribution is 0.350. The van der Waals surface area contributed by atoms with E-state index in [1.54, 1.807) is 11.3 Å². The van der Waals surface area contributed by atoms with Crippen LogP contribution >= 0.6 is 11.3 Å². The Morgan fingerprint density at radius 3 is 3.00 bits per heavy atom. The van der Waals surface area contributed by atoms with Gasteiger partial charge >= 0.3 is 0 Å². The van der Waals surface area contributed by atoms with Gasteiger partial charge in [-0.1, -0.05) is 30.0 Å². The molecule has 0 radical (unpaired) electrons. The van der Waals surface area contributed by atoms with Gasteiger partial charge in [0.05, 0.1) is 11.4 Å². The summed E-state index contributed by atoms with van der Waals surface area (Å²) in [7, 11) is 0. The molecule has 0 amide bonds. The van der Waals surface area contributed by atoms with Crippen molar-refractivity contribution in [2.75, 3.05) is 18.1 Å². The molecule has 1 N–H and O–H groups in total. The number of fused-ring (bicyclic) bond motifs is 1. The summed E-state index contributed by atoms with van der Waals surface area (Å²) in [6.07, 6.45) is 1.14. The van der Waals surface area contributed by atoms with Gasteiger partial charge in [0.15, 0.2) is 0 Å². The van der Waals surface area contributed by atoms with Crippen molar-refractivity contribution in [2.24, 2.45) is 0 Å². The Labute approximate surface area is 117 Å². The van der Waals surface area contributed by atoms with E-state index >= 15 is 0 Å². The quantitative estimate of drug-likeness (QED) is 0.847. The molecule has 1 aromatic heterocycles. The van der Waals surface area contributed by atoms with Crippen LogP contribution in [0.15, 0.2) is 36.4 Å². The minimum Gasteiger partial charge on any atom is -0.384 e. The number of aliphatic hydroxyl groups excluding tert-OH is 1. The zero-order valence-corrected chi connectivity index (χ0v) is 11.4. The molecule has 19 heavy (non-hydrogen) atoms. The van der Waals surface area contributed by atoms with E-state index in [-0.39, 0.29) is 6.61 Å². The zero-order valence-electron chi connectivity index (χ0n) is 10.6. The molecule has 1 aromatic carbocycles. The van der Waals surface area contributed by atoms with Gasteiger partial charge in [-0.3, -0.25) is 0 Å². The lowest BCUT2D eigenvalue weighted by Crippen LogP contribution is -2.18. The molecule has 0 saturated carbocycles. The first-order valence-corrected chi connectivity index (χ1v) is 7.20. The molecule has 0 saturated heterocycles. The monoisotopic (exact) mass is 269 g/mol. The lowest BCUT2D eigenvalue weighted by Gasteiger charge is -2.18. The van der Waals surface area contributed by atoms with Crippen molar-refractivity contribution in [3.8, 4) is 11.8 Å². The number of benzene rings is 1. The number of anilines is 1. The van der Waals surface area contributed by atoms with E-state index in [9.17, 15) is 0 Å². The van der Waals surface area contributed by atoms with E-state index in [2.05, 4.69) is 47.1 Å². The smallest absolute Gasteiger partial charge is 0.104 e. The summed E-state index contributed by atoms with van der Waals surface area (Å²) in [4.78, 5) is 4.76. The second kappa shape index (κ2) is 5.48. The topological polar surface area (TPSA) is 23.5 Å². The molecule has 96 valence electrons. The van der Waals surface area contributed by atoms with Gasteiger partial charge in [-0.05, 0) is 30.2 Å². The number of para-hydroxylation sites is 1. The van der Waals surface area contributed by atoms with Gasteiger partial charge < -0.3 is 10.0 Å². The van der Waals surface area contributed by atoms with Crippen molar-refractivity contribution < 1.29 is 5.11 Å². The van der Waals surface area contributed by atoms with Gasteiger partial charge in [0.1, 0.15) is 6.61 Å². The van der Waals surface area contributed by atoms with E-state index in [0.29, 0.717) is 0 Å². The van der Waals surface area contributed by atoms with Crippen LogP contribution in [-0.2, 0) is 13.0 Å². The number of aliphatic hydroxyl groups is 1. The van der Waals surface area contributed by atoms with E-state index < -0.39 is 0 Å². The highest BCUT2D eigenvalue weighted by molar-refractivity contribution is 7.12. The van der Waals surface area contributed by atoms with E-state index in [4.69, 9.17) is 5.11 Å². The average molecular weight is 269 g/mol. The van der Waals surface area contributed by atoms with Crippen molar-refractivity contribution in [1.29, 1.82) is 0 Å². The summed E-state index contributed by atoms with van der Waals surface area (Å²) in [5.74, 6) is 5.65. The molecule has 0 fully saturated rings. The summed E-state index contributed by atoms with van der Waals surface area (Å²) < 4.78 is 0. The molecule has 3 rings (SSSR count). The van der Waals surface area contributed by atoms with Crippen LogP contribution in [0.5, 0.6) is 0 Å². The van der Waals surface area contributed by atoms with Gasteiger partial charge in [0, 0.05) is 17.1 Å². The third-order valence-electron chi connectivity index (χ3n) is 3.28. The highest BCUT2D eigenvalue weighted by atomic mass is 32.1. The highest BCUT2D eigenvalue weighted by Gasteiger charge is 2.18. The molecule has 3 heteroatoms. The summed E-state index contributed by atoms with van der Waals surface area (Å²) in [6, 6.07) is 12.8. The Hall–Kier alpha value is -1.76. The largest absolute Gasteiger partial charge is 0.384 e. The van der Waals surface area contributed by atoms with Crippen LogP contribution in [0, 0.1) is 11.8 Å². The first kappa shape index (κ1) is 12.3. The summed E-state index contributed by atoms with van der Waals surface area (Å²) in [6.45, 7) is 1.96. The molecule has 0 bridgehead atoms. The zero-order chi connectivity index (χ0) is 13.1. The molecule has 0 aliphatic carbocycles. The fourth-order valence-electron chi connectivity index (χ4n) is 2.42. The van der Waals surface area contributed by atoms with Gasteiger partial charge in [0.25, 0.3) is 0 Å². The minimum atomic E-state index is -0.0767. The van der Waals surface area contributed by atoms with Crippen LogP contribution in [0.1, 0.15) is 15.3 Å². The molecule has 0 atom stereocenters. The second-order valence-corrected chi connectivity index (χ2v) is 5.69. The Balaban J connectivity index is 1.74. The van der Waals surface area contributed by atoms with Crippen molar-refractivity contribution in [3.63, 3.8) is 0 Å². The number of nitrogens with zero attached hydrogens (tertiary/aromatic N) is 1. The van der Waals surface area contributed by atoms with E-state index in [1.807, 2.05) is 6.07 Å². The highest BCUT2D eigenvalue weighted by Crippen LogP contribution is 2.30. The number of hydrogen-bond acceptors (Lipinski definition) is 3. The Kier molecular flexibility index (Phi) is 3.54. The third-order valence-corrected chi connectivity index (χ3v) is 4.27. The maximum atomic E-state index is 8.70. The molecule has 0 unspecified atom stereocenters. The van der Waals surface area contributed by atoms with Gasteiger partial charge in [-0.15, -0.1) is 11.3 Å². The fourth-order valence-corrected chi connectivity index (χ4v) is 3.31. The second-order valence-electron chi connectivity index (χ2n) is 4.53. The van der Waals surface area contributed by atoms with Crippen LogP contribution in [-0.4, -0.2) is 18.3 Å². The van der Waals surface area contributed by atoms with Gasteiger partial charge in [-0.2, -0.15) is 0 Å². The summed E-state index contributed by atoms with van der Waals surface area (Å²) >= 11 is 1.71. The lowest BCUT2D eigenvalue weighted by atomic mass is 10.2. The first-order valence-electron chi connectivity index (χ1n) is 6.38. The predicted molar refractivity (Wildman–Crippen MR) is 79.5 cm³/mol. The molecule has 1 aliphatic heterocycles. The molecule has 1 aliphatic rings. The van der Waals surface area contributed by atoms with Gasteiger partial charge in [-0.25, -0.2) is 0 Å². The van der Waals surface area contributed by atoms with Gasteiger partial charge in [0.2, 0.25) is 0 Å². The number of hydrogen-bond donors (Lipinski definition) is 1. The third kappa shape index (κ3) is 2.65. The van der Waals surface area contributed by atoms with Crippen LogP contribution in [0.25, 0.3) is 0 Å². The van der Waals surface area contributed by atoms with Crippen molar-refractivity contribution in [2.45, 2.75) is 13.0 Å². The van der Waals surface area contributed by atoms with Crippen LogP contribution < -0.4 is 4.90 Å². The fraction of sp³-hybridized carbons (Fsp3) is 0.250. The van der Waals surface area contributed by atoms with Crippen molar-refractivity contribution >= 4 is 17.0 Å². The molecular weight excluding hydrogens is 254 g/mol. The summed E-state index contributed by atoms with van der Waals surface area (Å²) in [5.41, 5.74) is 2.80. The Morgan fingerprint density at radius 1 is 1.21 bits per heavy atom. The van der Waals surface area contributed by atoms with Crippen LogP contribution in [0.3, 0.4) is 0 Å².